The highest BCUT2D eigenvalue weighted by Gasteiger charge is 2.43. The van der Waals surface area contributed by atoms with Crippen molar-refractivity contribution in [3.8, 4) is 5.75 Å². The predicted octanol–water partition coefficient (Wildman–Crippen LogP) is 2.03. The number of nitrogens with zero attached hydrogens (tertiary/aromatic N) is 1. The predicted molar refractivity (Wildman–Crippen MR) is 82.5 cm³/mol. The summed E-state index contributed by atoms with van der Waals surface area (Å²) in [6.45, 7) is 2.73. The Kier molecular flexibility index (Phi) is 4.32. The van der Waals surface area contributed by atoms with Gasteiger partial charge in [0.1, 0.15) is 11.8 Å². The van der Waals surface area contributed by atoms with E-state index in [1.165, 1.54) is 0 Å². The molecule has 5 heteroatoms. The molecule has 1 unspecified atom stereocenters. The number of hydrogen-bond acceptors (Lipinski definition) is 3. The van der Waals surface area contributed by atoms with Crippen molar-refractivity contribution in [2.24, 2.45) is 0 Å². The molecular weight excluding hydrogens is 280 g/mol. The number of para-hydroxylation sites is 1. The van der Waals surface area contributed by atoms with Gasteiger partial charge in [-0.15, -0.1) is 0 Å². The molecule has 0 bridgehead atoms. The molecule has 2 aliphatic rings. The molecule has 0 radical (unpaired) electrons. The van der Waals surface area contributed by atoms with E-state index >= 15 is 0 Å². The monoisotopic (exact) mass is 302 g/mol. The van der Waals surface area contributed by atoms with Gasteiger partial charge in [0.2, 0.25) is 5.91 Å². The maximum atomic E-state index is 12.7. The lowest BCUT2D eigenvalue weighted by Gasteiger charge is -2.29. The molecule has 1 aromatic rings. The molecule has 2 amide bonds. The number of carbonyl (C=O) groups is 2. The number of nitrogens with one attached hydrogen (secondary N) is 1. The van der Waals surface area contributed by atoms with Gasteiger partial charge in [0.25, 0.3) is 5.91 Å². The van der Waals surface area contributed by atoms with E-state index in [1.54, 1.807) is 4.90 Å². The lowest BCUT2D eigenvalue weighted by atomic mass is 10.0. The first kappa shape index (κ1) is 14.9. The summed E-state index contributed by atoms with van der Waals surface area (Å²) < 4.78 is 5.60. The van der Waals surface area contributed by atoms with Crippen molar-refractivity contribution in [1.82, 2.24) is 10.2 Å². The highest BCUT2D eigenvalue weighted by molar-refractivity contribution is 5.91. The molecule has 1 aromatic carbocycles. The van der Waals surface area contributed by atoms with Crippen molar-refractivity contribution in [3.63, 3.8) is 0 Å². The molecular formula is C17H22N2O3. The van der Waals surface area contributed by atoms with Gasteiger partial charge in [-0.25, -0.2) is 0 Å². The van der Waals surface area contributed by atoms with E-state index in [0.29, 0.717) is 12.3 Å². The zero-order valence-corrected chi connectivity index (χ0v) is 12.9. The second-order valence-corrected chi connectivity index (χ2v) is 5.91. The second-order valence-electron chi connectivity index (χ2n) is 5.91. The minimum absolute atomic E-state index is 0.00620. The molecule has 0 saturated heterocycles. The third kappa shape index (κ3) is 2.93. The molecule has 3 rings (SSSR count). The molecule has 0 aromatic heterocycles. The van der Waals surface area contributed by atoms with E-state index in [2.05, 4.69) is 12.2 Å². The Morgan fingerprint density at radius 3 is 2.86 bits per heavy atom. The molecule has 0 spiro atoms. The maximum Gasteiger partial charge on any atom is 0.261 e. The average Bonchev–Trinajstić information content (AvgIpc) is 3.35. The van der Waals surface area contributed by atoms with Crippen molar-refractivity contribution in [2.45, 2.75) is 44.7 Å². The van der Waals surface area contributed by atoms with Gasteiger partial charge in [-0.3, -0.25) is 9.59 Å². The van der Waals surface area contributed by atoms with Crippen molar-refractivity contribution < 1.29 is 14.3 Å². The van der Waals surface area contributed by atoms with Crippen LogP contribution in [0, 0.1) is 0 Å². The van der Waals surface area contributed by atoms with Crippen molar-refractivity contribution >= 4 is 11.8 Å². The summed E-state index contributed by atoms with van der Waals surface area (Å²) in [4.78, 5) is 26.9. The van der Waals surface area contributed by atoms with Gasteiger partial charge in [-0.05, 0) is 25.3 Å². The summed E-state index contributed by atoms with van der Waals surface area (Å²) in [6, 6.07) is 7.05. The number of benzene rings is 1. The molecule has 1 aliphatic carbocycles. The average molecular weight is 302 g/mol. The van der Waals surface area contributed by atoms with Crippen LogP contribution in [0.3, 0.4) is 0 Å². The van der Waals surface area contributed by atoms with Crippen LogP contribution in [0.4, 0.5) is 0 Å². The summed E-state index contributed by atoms with van der Waals surface area (Å²) in [6.07, 6.45) is 3.89. The molecule has 22 heavy (non-hydrogen) atoms. The van der Waals surface area contributed by atoms with E-state index in [4.69, 9.17) is 4.74 Å². The quantitative estimate of drug-likeness (QED) is 0.847. The third-order valence-corrected chi connectivity index (χ3v) is 4.15. The summed E-state index contributed by atoms with van der Waals surface area (Å²) in [5.74, 6) is 0.427. The van der Waals surface area contributed by atoms with E-state index in [0.717, 1.165) is 31.2 Å². The summed E-state index contributed by atoms with van der Waals surface area (Å²) >= 11 is 0. The van der Waals surface area contributed by atoms with Crippen LogP contribution >= 0.6 is 0 Å². The fourth-order valence-corrected chi connectivity index (χ4v) is 2.87. The smallest absolute Gasteiger partial charge is 0.261 e. The molecule has 5 nitrogen and oxygen atoms in total. The number of rotatable bonds is 5. The molecule has 1 saturated carbocycles. The van der Waals surface area contributed by atoms with E-state index in [1.807, 2.05) is 24.3 Å². The third-order valence-electron chi connectivity index (χ3n) is 4.15. The summed E-state index contributed by atoms with van der Waals surface area (Å²) in [7, 11) is 0. The number of ether oxygens (including phenoxy) is 1. The van der Waals surface area contributed by atoms with E-state index < -0.39 is 6.04 Å². The number of hydrogen-bond donors (Lipinski definition) is 1. The van der Waals surface area contributed by atoms with Gasteiger partial charge >= 0.3 is 0 Å². The lowest BCUT2D eigenvalue weighted by Crippen LogP contribution is -2.45. The first-order chi connectivity index (χ1) is 10.7. The maximum absolute atomic E-state index is 12.7. The van der Waals surface area contributed by atoms with Gasteiger partial charge in [0.15, 0.2) is 6.61 Å². The number of fused-ring (bicyclic) bond motifs is 1. The second kappa shape index (κ2) is 6.38. The summed E-state index contributed by atoms with van der Waals surface area (Å²) in [5.41, 5.74) is 0.786. The normalized spacial score (nSPS) is 20.9. The fourth-order valence-electron chi connectivity index (χ4n) is 2.87. The Labute approximate surface area is 130 Å². The number of unbranched alkanes of at least 4 members (excludes halogenated alkanes) is 1. The molecule has 1 atom stereocenters. The SMILES string of the molecule is CCCCNC(=O)C1c2ccccc2OCC(=O)N1C1CC1. The molecule has 1 aliphatic heterocycles. The van der Waals surface area contributed by atoms with Crippen molar-refractivity contribution in [3.05, 3.63) is 29.8 Å². The van der Waals surface area contributed by atoms with E-state index in [-0.39, 0.29) is 24.5 Å². The van der Waals surface area contributed by atoms with Crippen molar-refractivity contribution in [1.29, 1.82) is 0 Å². The number of amides is 2. The van der Waals surface area contributed by atoms with Gasteiger partial charge < -0.3 is 15.0 Å². The highest BCUT2D eigenvalue weighted by Crippen LogP contribution is 2.39. The minimum atomic E-state index is -0.574. The van der Waals surface area contributed by atoms with Crippen LogP contribution in [0.2, 0.25) is 0 Å². The van der Waals surface area contributed by atoms with E-state index in [9.17, 15) is 9.59 Å². The molecule has 1 fully saturated rings. The largest absolute Gasteiger partial charge is 0.483 e. The highest BCUT2D eigenvalue weighted by atomic mass is 16.5. The Hall–Kier alpha value is -2.04. The van der Waals surface area contributed by atoms with Crippen LogP contribution in [-0.4, -0.2) is 35.9 Å². The Balaban J connectivity index is 1.91. The fraction of sp³-hybridized carbons (Fsp3) is 0.529. The molecule has 118 valence electrons. The van der Waals surface area contributed by atoms with Gasteiger partial charge in [-0.2, -0.15) is 0 Å². The number of carbonyl (C=O) groups excluding carboxylic acids is 2. The van der Waals surface area contributed by atoms with Gasteiger partial charge in [-0.1, -0.05) is 31.5 Å². The van der Waals surface area contributed by atoms with Crippen LogP contribution in [0.5, 0.6) is 5.75 Å². The van der Waals surface area contributed by atoms with Crippen LogP contribution in [0.1, 0.15) is 44.2 Å². The zero-order chi connectivity index (χ0) is 15.5. The lowest BCUT2D eigenvalue weighted by molar-refractivity contribution is -0.142. The standard InChI is InChI=1S/C17H22N2O3/c1-2-3-10-18-17(21)16-13-6-4-5-7-14(13)22-11-15(20)19(16)12-8-9-12/h4-7,12,16H,2-3,8-11H2,1H3,(H,18,21). The first-order valence-electron chi connectivity index (χ1n) is 8.03. The topological polar surface area (TPSA) is 58.6 Å². The van der Waals surface area contributed by atoms with Crippen LogP contribution in [-0.2, 0) is 9.59 Å². The molecule has 1 N–H and O–H groups in total. The Morgan fingerprint density at radius 2 is 2.14 bits per heavy atom. The Bertz CT molecular complexity index is 569. The van der Waals surface area contributed by atoms with Gasteiger partial charge in [0.05, 0.1) is 0 Å². The van der Waals surface area contributed by atoms with Crippen LogP contribution in [0.25, 0.3) is 0 Å². The van der Waals surface area contributed by atoms with Gasteiger partial charge in [0, 0.05) is 18.2 Å². The first-order valence-corrected chi connectivity index (χ1v) is 8.03. The van der Waals surface area contributed by atoms with Crippen LogP contribution < -0.4 is 10.1 Å². The Morgan fingerprint density at radius 1 is 1.36 bits per heavy atom. The zero-order valence-electron chi connectivity index (χ0n) is 12.9. The molecule has 1 heterocycles. The minimum Gasteiger partial charge on any atom is -0.483 e. The van der Waals surface area contributed by atoms with Crippen LogP contribution in [0.15, 0.2) is 24.3 Å². The summed E-state index contributed by atoms with van der Waals surface area (Å²) in [5, 5.41) is 2.97. The van der Waals surface area contributed by atoms with Crippen molar-refractivity contribution in [2.75, 3.05) is 13.2 Å².